The predicted molar refractivity (Wildman–Crippen MR) is 108 cm³/mol. The van der Waals surface area contributed by atoms with Crippen LogP contribution in [0.4, 0.5) is 20.2 Å². The summed E-state index contributed by atoms with van der Waals surface area (Å²) < 4.78 is 26.6. The van der Waals surface area contributed by atoms with E-state index in [-0.39, 0.29) is 24.1 Å². The van der Waals surface area contributed by atoms with Crippen molar-refractivity contribution in [1.82, 2.24) is 5.32 Å². The normalized spacial score (nSPS) is 13.2. The third kappa shape index (κ3) is 5.11. The molecular weight excluding hydrogens is 394 g/mol. The highest BCUT2D eigenvalue weighted by Gasteiger charge is 2.19. The van der Waals surface area contributed by atoms with Gasteiger partial charge in [0.1, 0.15) is 11.6 Å². The molecule has 0 spiro atoms. The molecule has 0 aliphatic carbocycles. The van der Waals surface area contributed by atoms with E-state index in [9.17, 15) is 23.2 Å². The summed E-state index contributed by atoms with van der Waals surface area (Å²) in [5.74, 6) is -3.50. The first-order valence-corrected chi connectivity index (χ1v) is 9.57. The van der Waals surface area contributed by atoms with Crippen LogP contribution in [0.2, 0.25) is 0 Å². The van der Waals surface area contributed by atoms with Crippen LogP contribution >= 0.6 is 0 Å². The fourth-order valence-corrected chi connectivity index (χ4v) is 3.29. The minimum absolute atomic E-state index is 0.0456. The van der Waals surface area contributed by atoms with Gasteiger partial charge in [0, 0.05) is 37.7 Å². The minimum Gasteiger partial charge on any atom is -0.370 e. The van der Waals surface area contributed by atoms with Crippen LogP contribution < -0.4 is 21.3 Å². The Hall–Kier alpha value is -3.49. The van der Waals surface area contributed by atoms with Crippen LogP contribution in [-0.2, 0) is 4.79 Å². The largest absolute Gasteiger partial charge is 0.370 e. The van der Waals surface area contributed by atoms with Crippen LogP contribution in [0.25, 0.3) is 0 Å². The number of carbonyl (C=O) groups is 3. The molecule has 1 fully saturated rings. The van der Waals surface area contributed by atoms with Crippen molar-refractivity contribution in [3.8, 4) is 0 Å². The van der Waals surface area contributed by atoms with Gasteiger partial charge in [-0.15, -0.1) is 0 Å². The Balaban J connectivity index is 1.62. The number of anilines is 2. The molecule has 0 atom stereocenters. The number of nitrogens with one attached hydrogen (secondary N) is 2. The molecule has 30 heavy (non-hydrogen) atoms. The van der Waals surface area contributed by atoms with E-state index < -0.39 is 29.4 Å². The second kappa shape index (κ2) is 9.34. The van der Waals surface area contributed by atoms with E-state index in [0.717, 1.165) is 43.8 Å². The molecule has 7 nitrogen and oxygen atoms in total. The Morgan fingerprint density at radius 2 is 1.77 bits per heavy atom. The molecule has 2 aromatic rings. The van der Waals surface area contributed by atoms with Gasteiger partial charge in [-0.2, -0.15) is 0 Å². The summed E-state index contributed by atoms with van der Waals surface area (Å²) in [5.41, 5.74) is 6.57. The molecule has 1 heterocycles. The second-order valence-electron chi connectivity index (χ2n) is 6.97. The van der Waals surface area contributed by atoms with Gasteiger partial charge in [0.15, 0.2) is 0 Å². The number of primary amides is 1. The van der Waals surface area contributed by atoms with Gasteiger partial charge in [0.25, 0.3) is 5.91 Å². The van der Waals surface area contributed by atoms with Gasteiger partial charge in [-0.25, -0.2) is 8.78 Å². The van der Waals surface area contributed by atoms with Crippen molar-refractivity contribution >= 4 is 29.1 Å². The number of carbonyl (C=O) groups excluding carboxylic acids is 3. The molecule has 1 saturated heterocycles. The molecular formula is C21H22F2N4O3. The van der Waals surface area contributed by atoms with Crippen molar-refractivity contribution in [1.29, 1.82) is 0 Å². The lowest BCUT2D eigenvalue weighted by molar-refractivity contribution is -0.116. The van der Waals surface area contributed by atoms with Gasteiger partial charge in [-0.3, -0.25) is 14.4 Å². The zero-order valence-electron chi connectivity index (χ0n) is 16.2. The van der Waals surface area contributed by atoms with E-state index in [1.165, 1.54) is 6.07 Å². The molecule has 1 aliphatic rings. The van der Waals surface area contributed by atoms with E-state index in [2.05, 4.69) is 15.5 Å². The lowest BCUT2D eigenvalue weighted by Gasteiger charge is -2.22. The molecule has 158 valence electrons. The van der Waals surface area contributed by atoms with Crippen LogP contribution in [-0.4, -0.2) is 37.4 Å². The molecule has 0 unspecified atom stereocenters. The lowest BCUT2D eigenvalue weighted by Crippen LogP contribution is -2.29. The summed E-state index contributed by atoms with van der Waals surface area (Å²) in [6.07, 6.45) is 2.00. The second-order valence-corrected chi connectivity index (χ2v) is 6.97. The van der Waals surface area contributed by atoms with Gasteiger partial charge in [0.05, 0.1) is 16.9 Å². The number of nitrogens with zero attached hydrogens (tertiary/aromatic N) is 1. The fourth-order valence-electron chi connectivity index (χ4n) is 3.29. The number of nitrogens with two attached hydrogens (primary N) is 1. The summed E-state index contributed by atoms with van der Waals surface area (Å²) in [6.45, 7) is 1.65. The number of amides is 3. The maximum atomic E-state index is 13.6. The fraction of sp³-hybridized carbons (Fsp3) is 0.286. The summed E-state index contributed by atoms with van der Waals surface area (Å²) in [5, 5.41) is 5.18. The number of hydrogen-bond acceptors (Lipinski definition) is 4. The van der Waals surface area contributed by atoms with Crippen molar-refractivity contribution in [3.63, 3.8) is 0 Å². The molecule has 0 saturated carbocycles. The van der Waals surface area contributed by atoms with E-state index in [0.29, 0.717) is 11.8 Å². The first-order valence-electron chi connectivity index (χ1n) is 9.57. The van der Waals surface area contributed by atoms with Crippen molar-refractivity contribution < 1.29 is 23.2 Å². The quantitative estimate of drug-likeness (QED) is 0.645. The highest BCUT2D eigenvalue weighted by atomic mass is 19.1. The van der Waals surface area contributed by atoms with Crippen LogP contribution in [0, 0.1) is 11.6 Å². The highest BCUT2D eigenvalue weighted by Crippen LogP contribution is 2.30. The number of halogens is 2. The highest BCUT2D eigenvalue weighted by molar-refractivity contribution is 6.00. The Morgan fingerprint density at radius 1 is 1.03 bits per heavy atom. The lowest BCUT2D eigenvalue weighted by atomic mass is 10.1. The Bertz CT molecular complexity index is 975. The van der Waals surface area contributed by atoms with E-state index in [4.69, 9.17) is 5.73 Å². The van der Waals surface area contributed by atoms with Crippen molar-refractivity contribution in [3.05, 3.63) is 59.2 Å². The topological polar surface area (TPSA) is 105 Å². The van der Waals surface area contributed by atoms with Gasteiger partial charge >= 0.3 is 0 Å². The molecule has 1 aliphatic heterocycles. The monoisotopic (exact) mass is 416 g/mol. The van der Waals surface area contributed by atoms with Crippen LogP contribution in [0.1, 0.15) is 40.0 Å². The zero-order chi connectivity index (χ0) is 21.7. The Kier molecular flexibility index (Phi) is 6.61. The number of hydrogen-bond donors (Lipinski definition) is 3. The van der Waals surface area contributed by atoms with Crippen molar-refractivity contribution in [2.75, 3.05) is 29.9 Å². The minimum atomic E-state index is -0.976. The summed E-state index contributed by atoms with van der Waals surface area (Å²) >= 11 is 0. The predicted octanol–water partition coefficient (Wildman–Crippen LogP) is 2.42. The van der Waals surface area contributed by atoms with Crippen LogP contribution in [0.3, 0.4) is 0 Å². The SMILES string of the molecule is NC(=O)c1ccc(N2CCCC2)c(NC(=O)CCNC(=O)c2ccc(F)cc2F)c1. The molecule has 2 aromatic carbocycles. The third-order valence-electron chi connectivity index (χ3n) is 4.82. The van der Waals surface area contributed by atoms with E-state index in [1.54, 1.807) is 12.1 Å². The molecule has 3 rings (SSSR count). The number of rotatable bonds is 7. The summed E-state index contributed by atoms with van der Waals surface area (Å²) in [4.78, 5) is 38.0. The first kappa shape index (κ1) is 21.2. The third-order valence-corrected chi connectivity index (χ3v) is 4.82. The molecule has 0 bridgehead atoms. The van der Waals surface area contributed by atoms with Gasteiger partial charge < -0.3 is 21.3 Å². The van der Waals surface area contributed by atoms with Gasteiger partial charge in [0.2, 0.25) is 11.8 Å². The molecule has 3 amide bonds. The molecule has 0 radical (unpaired) electrons. The van der Waals surface area contributed by atoms with Crippen LogP contribution in [0.15, 0.2) is 36.4 Å². The van der Waals surface area contributed by atoms with Crippen LogP contribution in [0.5, 0.6) is 0 Å². The Labute approximate surface area is 172 Å². The van der Waals surface area contributed by atoms with Crippen molar-refractivity contribution in [2.24, 2.45) is 5.73 Å². The summed E-state index contributed by atoms with van der Waals surface area (Å²) in [7, 11) is 0. The maximum absolute atomic E-state index is 13.6. The maximum Gasteiger partial charge on any atom is 0.254 e. The smallest absolute Gasteiger partial charge is 0.254 e. The van der Waals surface area contributed by atoms with E-state index in [1.807, 2.05) is 0 Å². The zero-order valence-corrected chi connectivity index (χ0v) is 16.2. The summed E-state index contributed by atoms with van der Waals surface area (Å²) in [6, 6.07) is 7.53. The number of benzene rings is 2. The van der Waals surface area contributed by atoms with E-state index >= 15 is 0 Å². The van der Waals surface area contributed by atoms with Gasteiger partial charge in [-0.1, -0.05) is 0 Å². The standard InChI is InChI=1S/C21H22F2N4O3/c22-14-4-5-15(16(23)12-14)21(30)25-8-7-19(28)26-17-11-13(20(24)29)3-6-18(17)27-9-1-2-10-27/h3-6,11-12H,1-2,7-10H2,(H2,24,29)(H,25,30)(H,26,28). The molecule has 4 N–H and O–H groups in total. The van der Waals surface area contributed by atoms with Crippen molar-refractivity contribution in [2.45, 2.75) is 19.3 Å². The molecule has 0 aromatic heterocycles. The first-order chi connectivity index (χ1) is 14.3. The average Bonchev–Trinajstić information content (AvgIpc) is 3.22. The average molecular weight is 416 g/mol. The van der Waals surface area contributed by atoms with Gasteiger partial charge in [-0.05, 0) is 43.2 Å². The Morgan fingerprint density at radius 3 is 2.43 bits per heavy atom. The molecule has 9 heteroatoms.